The van der Waals surface area contributed by atoms with E-state index in [0.29, 0.717) is 11.8 Å². The van der Waals surface area contributed by atoms with E-state index in [2.05, 4.69) is 11.8 Å². The lowest BCUT2D eigenvalue weighted by Crippen LogP contribution is -2.03. The third-order valence-corrected chi connectivity index (χ3v) is 1.69. The summed E-state index contributed by atoms with van der Waals surface area (Å²) in [5.74, 6) is 5.11. The Labute approximate surface area is 90.6 Å². The molecule has 1 aromatic rings. The molecular formula is C12H7F3O. The number of allylic oxidation sites excluding steroid dienone is 2. The molecule has 0 radical (unpaired) electrons. The lowest BCUT2D eigenvalue weighted by atomic mass is 10.1. The van der Waals surface area contributed by atoms with Gasteiger partial charge in [0.05, 0.1) is 5.56 Å². The fourth-order valence-corrected chi connectivity index (χ4v) is 0.955. The van der Waals surface area contributed by atoms with Crippen molar-refractivity contribution in [2.24, 2.45) is 0 Å². The van der Waals surface area contributed by atoms with E-state index in [1.165, 1.54) is 24.3 Å². The van der Waals surface area contributed by atoms with Gasteiger partial charge in [-0.25, -0.2) is 0 Å². The van der Waals surface area contributed by atoms with Crippen LogP contribution in [0.2, 0.25) is 0 Å². The number of halogens is 3. The molecule has 1 rings (SSSR count). The fraction of sp³-hybridized carbons (Fsp3) is 0.0833. The molecule has 0 bridgehead atoms. The van der Waals surface area contributed by atoms with Gasteiger partial charge in [0, 0.05) is 5.56 Å². The number of carbonyl (C=O) groups excluding carboxylic acids is 1. The summed E-state index contributed by atoms with van der Waals surface area (Å²) in [4.78, 5) is 9.89. The highest BCUT2D eigenvalue weighted by Gasteiger charge is 2.29. The van der Waals surface area contributed by atoms with Crippen molar-refractivity contribution in [1.29, 1.82) is 0 Å². The summed E-state index contributed by atoms with van der Waals surface area (Å²) in [6, 6.07) is 4.50. The van der Waals surface area contributed by atoms with Crippen molar-refractivity contribution in [3.05, 3.63) is 47.5 Å². The highest BCUT2D eigenvalue weighted by Crippen LogP contribution is 2.28. The molecule has 0 aliphatic heterocycles. The Morgan fingerprint density at radius 1 is 1.12 bits per heavy atom. The molecule has 0 spiro atoms. The Morgan fingerprint density at radius 2 is 1.75 bits per heavy atom. The summed E-state index contributed by atoms with van der Waals surface area (Å²) in [5.41, 5.74) is -0.245. The SMILES string of the molecule is O=C/C=C/C#Cc1ccc(C(F)(F)F)cc1. The van der Waals surface area contributed by atoms with Crippen LogP contribution in [-0.4, -0.2) is 6.29 Å². The minimum atomic E-state index is -4.33. The van der Waals surface area contributed by atoms with Gasteiger partial charge in [-0.05, 0) is 36.4 Å². The molecule has 0 saturated carbocycles. The molecule has 0 saturated heterocycles. The number of aldehydes is 1. The highest BCUT2D eigenvalue weighted by atomic mass is 19.4. The molecule has 0 fully saturated rings. The fourth-order valence-electron chi connectivity index (χ4n) is 0.955. The maximum Gasteiger partial charge on any atom is 0.416 e. The van der Waals surface area contributed by atoms with Gasteiger partial charge in [0.15, 0.2) is 0 Å². The quantitative estimate of drug-likeness (QED) is 0.407. The van der Waals surface area contributed by atoms with E-state index in [1.807, 2.05) is 0 Å². The van der Waals surface area contributed by atoms with Gasteiger partial charge in [0.2, 0.25) is 0 Å². The topological polar surface area (TPSA) is 17.1 Å². The third kappa shape index (κ3) is 3.62. The van der Waals surface area contributed by atoms with E-state index < -0.39 is 11.7 Å². The van der Waals surface area contributed by atoms with Crippen molar-refractivity contribution in [2.75, 3.05) is 0 Å². The molecule has 0 amide bonds. The standard InChI is InChI=1S/C12H7F3O/c13-12(14,15)11-7-5-10(6-8-11)4-2-1-3-9-16/h1,3,5-9H/b3-1+. The molecule has 0 heterocycles. The zero-order chi connectivity index (χ0) is 12.0. The van der Waals surface area contributed by atoms with Crippen LogP contribution in [0.5, 0.6) is 0 Å². The first-order chi connectivity index (χ1) is 7.54. The van der Waals surface area contributed by atoms with E-state index in [1.54, 1.807) is 0 Å². The maximum atomic E-state index is 12.2. The molecule has 0 aliphatic rings. The van der Waals surface area contributed by atoms with Crippen LogP contribution in [0.4, 0.5) is 13.2 Å². The van der Waals surface area contributed by atoms with Gasteiger partial charge in [-0.3, -0.25) is 4.79 Å². The lowest BCUT2D eigenvalue weighted by Gasteiger charge is -2.05. The van der Waals surface area contributed by atoms with Crippen LogP contribution >= 0.6 is 0 Å². The Hall–Kier alpha value is -2.02. The van der Waals surface area contributed by atoms with Crippen molar-refractivity contribution in [3.63, 3.8) is 0 Å². The second-order valence-corrected chi connectivity index (χ2v) is 2.84. The van der Waals surface area contributed by atoms with Crippen LogP contribution in [0.15, 0.2) is 36.4 Å². The van der Waals surface area contributed by atoms with Crippen LogP contribution in [-0.2, 0) is 11.0 Å². The molecule has 0 aliphatic carbocycles. The summed E-state index contributed by atoms with van der Waals surface area (Å²) in [6.45, 7) is 0. The highest BCUT2D eigenvalue weighted by molar-refractivity contribution is 5.65. The third-order valence-electron chi connectivity index (χ3n) is 1.69. The first-order valence-electron chi connectivity index (χ1n) is 4.33. The molecule has 82 valence electrons. The van der Waals surface area contributed by atoms with Gasteiger partial charge in [-0.2, -0.15) is 13.2 Å². The van der Waals surface area contributed by atoms with Crippen LogP contribution in [0.1, 0.15) is 11.1 Å². The number of hydrogen-bond acceptors (Lipinski definition) is 1. The molecule has 0 N–H and O–H groups in total. The largest absolute Gasteiger partial charge is 0.416 e. The minimum Gasteiger partial charge on any atom is -0.299 e. The number of hydrogen-bond donors (Lipinski definition) is 0. The molecule has 0 unspecified atom stereocenters. The molecule has 1 nitrogen and oxygen atoms in total. The zero-order valence-corrected chi connectivity index (χ0v) is 8.08. The van der Waals surface area contributed by atoms with Crippen molar-refractivity contribution in [2.45, 2.75) is 6.18 Å². The number of benzene rings is 1. The molecule has 16 heavy (non-hydrogen) atoms. The van der Waals surface area contributed by atoms with Crippen molar-refractivity contribution < 1.29 is 18.0 Å². The normalized spacial score (nSPS) is 10.9. The Balaban J connectivity index is 2.82. The Kier molecular flexibility index (Phi) is 3.90. The van der Waals surface area contributed by atoms with Crippen LogP contribution in [0, 0.1) is 11.8 Å². The molecule has 0 atom stereocenters. The summed E-state index contributed by atoms with van der Waals surface area (Å²) in [5, 5.41) is 0. The Morgan fingerprint density at radius 3 is 2.25 bits per heavy atom. The van der Waals surface area contributed by atoms with Crippen LogP contribution < -0.4 is 0 Å². The van der Waals surface area contributed by atoms with Crippen molar-refractivity contribution >= 4 is 6.29 Å². The molecule has 4 heteroatoms. The summed E-state index contributed by atoms with van der Waals surface area (Å²) < 4.78 is 36.6. The van der Waals surface area contributed by atoms with Crippen LogP contribution in [0.3, 0.4) is 0 Å². The van der Waals surface area contributed by atoms with Crippen molar-refractivity contribution in [3.8, 4) is 11.8 Å². The summed E-state index contributed by atoms with van der Waals surface area (Å²) in [6.07, 6.45) is -1.23. The van der Waals surface area contributed by atoms with Gasteiger partial charge < -0.3 is 0 Å². The average Bonchev–Trinajstić information content (AvgIpc) is 2.24. The van der Waals surface area contributed by atoms with Gasteiger partial charge >= 0.3 is 6.18 Å². The number of carbonyl (C=O) groups is 1. The van der Waals surface area contributed by atoms with E-state index in [-0.39, 0.29) is 0 Å². The number of rotatable bonds is 1. The first-order valence-corrected chi connectivity index (χ1v) is 4.33. The van der Waals surface area contributed by atoms with E-state index in [4.69, 9.17) is 0 Å². The second kappa shape index (κ2) is 5.17. The maximum absolute atomic E-state index is 12.2. The Bertz CT molecular complexity index is 444. The smallest absolute Gasteiger partial charge is 0.299 e. The lowest BCUT2D eigenvalue weighted by molar-refractivity contribution is -0.137. The molecular weight excluding hydrogens is 217 g/mol. The van der Waals surface area contributed by atoms with Crippen molar-refractivity contribution in [1.82, 2.24) is 0 Å². The van der Waals surface area contributed by atoms with E-state index in [0.717, 1.165) is 12.1 Å². The van der Waals surface area contributed by atoms with Crippen LogP contribution in [0.25, 0.3) is 0 Å². The van der Waals surface area contributed by atoms with E-state index in [9.17, 15) is 18.0 Å². The van der Waals surface area contributed by atoms with Gasteiger partial charge in [-0.1, -0.05) is 11.8 Å². The predicted octanol–water partition coefficient (Wildman–Crippen LogP) is 2.81. The summed E-state index contributed by atoms with van der Waals surface area (Å²) in [7, 11) is 0. The monoisotopic (exact) mass is 224 g/mol. The van der Waals surface area contributed by atoms with E-state index >= 15 is 0 Å². The molecule has 0 aromatic heterocycles. The second-order valence-electron chi connectivity index (χ2n) is 2.84. The minimum absolute atomic E-state index is 0.462. The predicted molar refractivity (Wildman–Crippen MR) is 53.5 cm³/mol. The van der Waals surface area contributed by atoms with Gasteiger partial charge in [0.1, 0.15) is 6.29 Å². The first kappa shape index (κ1) is 12.1. The number of alkyl halides is 3. The van der Waals surface area contributed by atoms with Gasteiger partial charge in [0.25, 0.3) is 0 Å². The summed E-state index contributed by atoms with van der Waals surface area (Å²) >= 11 is 0. The average molecular weight is 224 g/mol. The zero-order valence-electron chi connectivity index (χ0n) is 8.08. The molecule has 1 aromatic carbocycles. The van der Waals surface area contributed by atoms with Gasteiger partial charge in [-0.15, -0.1) is 0 Å².